The second-order valence-corrected chi connectivity index (χ2v) is 7.85. The molecule has 4 atom stereocenters. The zero-order valence-corrected chi connectivity index (χ0v) is 16.8. The summed E-state index contributed by atoms with van der Waals surface area (Å²) in [5, 5.41) is 12.4. The minimum atomic E-state index is -0.729. The molecule has 28 heavy (non-hydrogen) atoms. The second kappa shape index (κ2) is 10.5. The van der Waals surface area contributed by atoms with E-state index in [9.17, 15) is 4.79 Å². The minimum absolute atomic E-state index is 0.233. The standard InChI is InChI=1S/C21H29N3O3S/c25-20(26)11-7-2-1-6-10-16-17(19-13-12-18(16)27-19)14-22-24-21(28)23-15-8-4-3-5-9-15/h1,3-6,8-9,16-19,22H,2,7,10-14H2,(H,25,26)(H2,23,24,28)/t16-,17-,18-,19+/m1/s1. The monoisotopic (exact) mass is 403 g/mol. The van der Waals surface area contributed by atoms with Gasteiger partial charge in [-0.15, -0.1) is 0 Å². The topological polar surface area (TPSA) is 82.6 Å². The molecule has 2 bridgehead atoms. The van der Waals surface area contributed by atoms with Gasteiger partial charge in [-0.2, -0.15) is 0 Å². The quantitative estimate of drug-likeness (QED) is 0.206. The number of hydrogen-bond acceptors (Lipinski definition) is 4. The molecule has 4 N–H and O–H groups in total. The third-order valence-electron chi connectivity index (χ3n) is 5.50. The molecule has 0 aromatic heterocycles. The first-order chi connectivity index (χ1) is 13.6. The molecule has 2 aliphatic heterocycles. The molecule has 2 heterocycles. The number of unbranched alkanes of at least 4 members (excludes halogenated alkanes) is 1. The molecule has 7 heteroatoms. The Morgan fingerprint density at radius 3 is 2.68 bits per heavy atom. The van der Waals surface area contributed by atoms with Crippen molar-refractivity contribution in [1.82, 2.24) is 10.9 Å². The maximum atomic E-state index is 10.6. The third kappa shape index (κ3) is 6.02. The Hall–Kier alpha value is -1.96. The lowest BCUT2D eigenvalue weighted by Gasteiger charge is -2.27. The van der Waals surface area contributed by atoms with Crippen LogP contribution in [-0.4, -0.2) is 34.9 Å². The predicted octanol–water partition coefficient (Wildman–Crippen LogP) is 3.47. The zero-order chi connectivity index (χ0) is 19.8. The summed E-state index contributed by atoms with van der Waals surface area (Å²) in [7, 11) is 0. The van der Waals surface area contributed by atoms with E-state index in [0.29, 0.717) is 35.6 Å². The summed E-state index contributed by atoms with van der Waals surface area (Å²) >= 11 is 5.33. The molecule has 2 saturated heterocycles. The minimum Gasteiger partial charge on any atom is -0.481 e. The Morgan fingerprint density at radius 1 is 1.18 bits per heavy atom. The van der Waals surface area contributed by atoms with Crippen molar-refractivity contribution in [3.8, 4) is 0 Å². The Kier molecular flexibility index (Phi) is 7.82. The Balaban J connectivity index is 1.40. The third-order valence-corrected chi connectivity index (χ3v) is 5.70. The first kappa shape index (κ1) is 20.8. The van der Waals surface area contributed by atoms with Gasteiger partial charge in [0.25, 0.3) is 0 Å². The highest BCUT2D eigenvalue weighted by atomic mass is 32.1. The summed E-state index contributed by atoms with van der Waals surface area (Å²) in [4.78, 5) is 10.6. The number of aliphatic carboxylic acids is 1. The number of fused-ring (bicyclic) bond motifs is 2. The van der Waals surface area contributed by atoms with Gasteiger partial charge in [0.1, 0.15) is 0 Å². The number of carbonyl (C=O) groups is 1. The van der Waals surface area contributed by atoms with Crippen LogP contribution >= 0.6 is 12.2 Å². The SMILES string of the molecule is O=C(O)CCCC=CC[C@@H]1[C@@H](CNNC(=S)Nc2ccccc2)[C@@H]2CC[C@H]1O2. The lowest BCUT2D eigenvalue weighted by Crippen LogP contribution is -2.45. The van der Waals surface area contributed by atoms with E-state index in [-0.39, 0.29) is 6.42 Å². The molecule has 1 aromatic carbocycles. The van der Waals surface area contributed by atoms with E-state index < -0.39 is 5.97 Å². The van der Waals surface area contributed by atoms with Crippen LogP contribution in [0.1, 0.15) is 38.5 Å². The molecular weight excluding hydrogens is 374 g/mol. The molecule has 0 unspecified atom stereocenters. The van der Waals surface area contributed by atoms with E-state index in [1.807, 2.05) is 30.3 Å². The predicted molar refractivity (Wildman–Crippen MR) is 114 cm³/mol. The highest BCUT2D eigenvalue weighted by Crippen LogP contribution is 2.44. The van der Waals surface area contributed by atoms with Gasteiger partial charge < -0.3 is 15.2 Å². The maximum absolute atomic E-state index is 10.6. The number of carboxylic acids is 1. The fourth-order valence-electron chi connectivity index (χ4n) is 4.16. The average Bonchev–Trinajstić information content (AvgIpc) is 3.27. The van der Waals surface area contributed by atoms with Crippen molar-refractivity contribution < 1.29 is 14.6 Å². The lowest BCUT2D eigenvalue weighted by molar-refractivity contribution is -0.137. The van der Waals surface area contributed by atoms with Gasteiger partial charge in [0.05, 0.1) is 12.2 Å². The molecule has 3 rings (SSSR count). The van der Waals surface area contributed by atoms with Gasteiger partial charge in [-0.05, 0) is 62.4 Å². The van der Waals surface area contributed by atoms with Crippen LogP contribution in [0.25, 0.3) is 0 Å². The van der Waals surface area contributed by atoms with E-state index in [4.69, 9.17) is 22.1 Å². The van der Waals surface area contributed by atoms with Gasteiger partial charge in [0, 0.05) is 24.6 Å². The van der Waals surface area contributed by atoms with Crippen LogP contribution in [-0.2, 0) is 9.53 Å². The summed E-state index contributed by atoms with van der Waals surface area (Å²) in [5.41, 5.74) is 7.29. The van der Waals surface area contributed by atoms with E-state index in [0.717, 1.165) is 37.9 Å². The number of hydrazine groups is 1. The van der Waals surface area contributed by atoms with Crippen molar-refractivity contribution in [2.45, 2.75) is 50.7 Å². The van der Waals surface area contributed by atoms with Gasteiger partial charge >= 0.3 is 5.97 Å². The number of ether oxygens (including phenoxy) is 1. The molecule has 0 saturated carbocycles. The number of benzene rings is 1. The fraction of sp³-hybridized carbons (Fsp3) is 0.524. The first-order valence-electron chi connectivity index (χ1n) is 10.0. The van der Waals surface area contributed by atoms with Crippen molar-refractivity contribution in [1.29, 1.82) is 0 Å². The molecule has 0 aliphatic carbocycles. The number of thiocarbonyl (C=S) groups is 1. The van der Waals surface area contributed by atoms with Gasteiger partial charge in [0.15, 0.2) is 5.11 Å². The number of nitrogens with one attached hydrogen (secondary N) is 3. The van der Waals surface area contributed by atoms with Crippen LogP contribution in [0.3, 0.4) is 0 Å². The number of allylic oxidation sites excluding steroid dienone is 2. The summed E-state index contributed by atoms with van der Waals surface area (Å²) in [5.74, 6) is 0.224. The molecule has 0 amide bonds. The van der Waals surface area contributed by atoms with Crippen molar-refractivity contribution in [3.63, 3.8) is 0 Å². The van der Waals surface area contributed by atoms with E-state index in [1.165, 1.54) is 0 Å². The van der Waals surface area contributed by atoms with Crippen LogP contribution in [0.2, 0.25) is 0 Å². The van der Waals surface area contributed by atoms with Crippen molar-refractivity contribution >= 4 is 29.0 Å². The Labute approximate surface area is 171 Å². The van der Waals surface area contributed by atoms with E-state index >= 15 is 0 Å². The zero-order valence-electron chi connectivity index (χ0n) is 16.0. The average molecular weight is 404 g/mol. The van der Waals surface area contributed by atoms with Crippen molar-refractivity contribution in [2.24, 2.45) is 11.8 Å². The normalized spacial score (nSPS) is 25.9. The molecular formula is C21H29N3O3S. The number of carboxylic acid groups (broad SMARTS) is 1. The molecule has 0 radical (unpaired) electrons. The number of rotatable bonds is 10. The molecule has 6 nitrogen and oxygen atoms in total. The molecule has 152 valence electrons. The molecule has 2 fully saturated rings. The van der Waals surface area contributed by atoms with Gasteiger partial charge in [0.2, 0.25) is 0 Å². The van der Waals surface area contributed by atoms with Gasteiger partial charge in [-0.3, -0.25) is 10.2 Å². The van der Waals surface area contributed by atoms with E-state index in [1.54, 1.807) is 0 Å². The lowest BCUT2D eigenvalue weighted by atomic mass is 9.77. The smallest absolute Gasteiger partial charge is 0.303 e. The van der Waals surface area contributed by atoms with E-state index in [2.05, 4.69) is 28.3 Å². The fourth-order valence-corrected chi connectivity index (χ4v) is 4.35. The summed E-state index contributed by atoms with van der Waals surface area (Å²) in [6, 6.07) is 9.83. The number of anilines is 1. The van der Waals surface area contributed by atoms with Crippen LogP contribution in [0.15, 0.2) is 42.5 Å². The van der Waals surface area contributed by atoms with Crippen molar-refractivity contribution in [3.05, 3.63) is 42.5 Å². The highest BCUT2D eigenvalue weighted by Gasteiger charge is 2.47. The molecule has 0 spiro atoms. The Morgan fingerprint density at radius 2 is 1.93 bits per heavy atom. The van der Waals surface area contributed by atoms with Crippen LogP contribution in [0.5, 0.6) is 0 Å². The maximum Gasteiger partial charge on any atom is 0.303 e. The Bertz CT molecular complexity index is 683. The van der Waals surface area contributed by atoms with Crippen LogP contribution < -0.4 is 16.2 Å². The van der Waals surface area contributed by atoms with Crippen LogP contribution in [0, 0.1) is 11.8 Å². The highest BCUT2D eigenvalue weighted by molar-refractivity contribution is 7.80. The van der Waals surface area contributed by atoms with Crippen LogP contribution in [0.4, 0.5) is 5.69 Å². The summed E-state index contributed by atoms with van der Waals surface area (Å²) < 4.78 is 6.13. The second-order valence-electron chi connectivity index (χ2n) is 7.44. The number of para-hydroxylation sites is 1. The van der Waals surface area contributed by atoms with Gasteiger partial charge in [-0.25, -0.2) is 5.43 Å². The largest absolute Gasteiger partial charge is 0.481 e. The summed E-state index contributed by atoms with van der Waals surface area (Å²) in [6.07, 6.45) is 9.95. The van der Waals surface area contributed by atoms with Gasteiger partial charge in [-0.1, -0.05) is 30.4 Å². The first-order valence-corrected chi connectivity index (χ1v) is 10.4. The number of hydrogen-bond donors (Lipinski definition) is 4. The molecule has 2 aliphatic rings. The molecule has 1 aromatic rings. The van der Waals surface area contributed by atoms with Crippen molar-refractivity contribution in [2.75, 3.05) is 11.9 Å². The summed E-state index contributed by atoms with van der Waals surface area (Å²) in [6.45, 7) is 0.801.